The van der Waals surface area contributed by atoms with E-state index in [1.165, 1.54) is 44.1 Å². The average Bonchev–Trinajstić information content (AvgIpc) is 2.77. The van der Waals surface area contributed by atoms with E-state index in [9.17, 15) is 4.21 Å². The summed E-state index contributed by atoms with van der Waals surface area (Å²) < 4.78 is 24.2. The van der Waals surface area contributed by atoms with Crippen LogP contribution in [0, 0.1) is 0 Å². The third-order valence-corrected chi connectivity index (χ3v) is 7.58. The van der Waals surface area contributed by atoms with Crippen molar-refractivity contribution < 1.29 is 13.7 Å². The summed E-state index contributed by atoms with van der Waals surface area (Å²) >= 11 is 0. The molecule has 2 aliphatic rings. The van der Waals surface area contributed by atoms with Crippen LogP contribution in [0.5, 0.6) is 5.75 Å². The van der Waals surface area contributed by atoms with E-state index in [0.29, 0.717) is 18.3 Å². The quantitative estimate of drug-likeness (QED) is 0.494. The standard InChI is InChI=1S/C25H31NO3S/c1-25(2)23-17-21(11-14-24(23)26-18-29-25)28-15-6-16-30(27)22-12-9-20(10-13-22)19-7-4-3-5-8-19/h9-14,17-19H,3-8,15-16H2,1-2H3. The second-order valence-electron chi connectivity index (χ2n) is 8.70. The van der Waals surface area contributed by atoms with Crippen LogP contribution in [0.1, 0.15) is 69.4 Å². The summed E-state index contributed by atoms with van der Waals surface area (Å²) in [4.78, 5) is 5.19. The molecule has 2 aromatic carbocycles. The first-order valence-corrected chi connectivity index (χ1v) is 12.3. The third kappa shape index (κ3) is 4.94. The van der Waals surface area contributed by atoms with Crippen molar-refractivity contribution in [3.05, 3.63) is 53.6 Å². The summed E-state index contributed by atoms with van der Waals surface area (Å²) in [7, 11) is -0.988. The van der Waals surface area contributed by atoms with Gasteiger partial charge in [0.05, 0.1) is 23.1 Å². The molecule has 0 amide bonds. The Balaban J connectivity index is 1.26. The molecule has 0 radical (unpaired) electrons. The molecule has 1 saturated carbocycles. The summed E-state index contributed by atoms with van der Waals surface area (Å²) in [5.41, 5.74) is 2.92. The molecule has 0 saturated heterocycles. The Labute approximate surface area is 182 Å². The Morgan fingerprint density at radius 2 is 1.87 bits per heavy atom. The van der Waals surface area contributed by atoms with Crippen LogP contribution in [0.3, 0.4) is 0 Å². The summed E-state index contributed by atoms with van der Waals surface area (Å²) in [6.45, 7) is 4.57. The predicted octanol–water partition coefficient (Wildman–Crippen LogP) is 6.24. The zero-order valence-electron chi connectivity index (χ0n) is 17.9. The van der Waals surface area contributed by atoms with Gasteiger partial charge in [-0.15, -0.1) is 0 Å². The zero-order chi connectivity index (χ0) is 21.0. The van der Waals surface area contributed by atoms with Crippen molar-refractivity contribution in [1.29, 1.82) is 0 Å². The van der Waals surface area contributed by atoms with Crippen LogP contribution in [-0.2, 0) is 21.1 Å². The van der Waals surface area contributed by atoms with Gasteiger partial charge >= 0.3 is 0 Å². The summed E-state index contributed by atoms with van der Waals surface area (Å²) in [6, 6.07) is 14.3. The molecule has 1 aliphatic carbocycles. The Morgan fingerprint density at radius 3 is 2.63 bits per heavy atom. The van der Waals surface area contributed by atoms with Gasteiger partial charge in [-0.1, -0.05) is 31.4 Å². The van der Waals surface area contributed by atoms with Crippen molar-refractivity contribution in [1.82, 2.24) is 0 Å². The lowest BCUT2D eigenvalue weighted by atomic mass is 9.84. The van der Waals surface area contributed by atoms with Crippen molar-refractivity contribution in [2.45, 2.75) is 68.8 Å². The fourth-order valence-corrected chi connectivity index (χ4v) is 5.36. The first kappa shape index (κ1) is 21.1. The zero-order valence-corrected chi connectivity index (χ0v) is 18.7. The van der Waals surface area contributed by atoms with E-state index in [4.69, 9.17) is 9.47 Å². The minimum Gasteiger partial charge on any atom is -0.494 e. The molecule has 4 nitrogen and oxygen atoms in total. The lowest BCUT2D eigenvalue weighted by Gasteiger charge is -2.29. The van der Waals surface area contributed by atoms with Crippen LogP contribution in [0.2, 0.25) is 0 Å². The van der Waals surface area contributed by atoms with Crippen LogP contribution in [0.4, 0.5) is 5.69 Å². The van der Waals surface area contributed by atoms with Crippen LogP contribution >= 0.6 is 0 Å². The molecule has 0 N–H and O–H groups in total. The molecule has 1 unspecified atom stereocenters. The predicted molar refractivity (Wildman–Crippen MR) is 122 cm³/mol. The highest BCUT2D eigenvalue weighted by molar-refractivity contribution is 7.85. The van der Waals surface area contributed by atoms with Gasteiger partial charge in [0.2, 0.25) is 0 Å². The number of fused-ring (bicyclic) bond motifs is 1. The molecule has 1 atom stereocenters. The summed E-state index contributed by atoms with van der Waals surface area (Å²) in [5.74, 6) is 2.09. The SMILES string of the molecule is CC1(C)OC=Nc2ccc(OCCCS(=O)c3ccc(C4CCCCC4)cc3)cc21. The number of ether oxygens (including phenoxy) is 2. The number of hydrogen-bond acceptors (Lipinski definition) is 4. The molecule has 4 rings (SSSR count). The Hall–Kier alpha value is -2.14. The van der Waals surface area contributed by atoms with Gasteiger partial charge in [-0.2, -0.15) is 0 Å². The van der Waals surface area contributed by atoms with Gasteiger partial charge < -0.3 is 9.47 Å². The molecule has 0 aromatic heterocycles. The molecule has 5 heteroatoms. The first-order valence-electron chi connectivity index (χ1n) is 11.0. The summed E-state index contributed by atoms with van der Waals surface area (Å²) in [6.07, 6.45) is 8.86. The minimum atomic E-state index is -0.988. The van der Waals surface area contributed by atoms with Crippen molar-refractivity contribution >= 4 is 22.9 Å². The normalized spacial score (nSPS) is 19.0. The lowest BCUT2D eigenvalue weighted by molar-refractivity contribution is 0.0998. The molecule has 30 heavy (non-hydrogen) atoms. The number of aliphatic imine (C=N–C) groups is 1. The third-order valence-electron chi connectivity index (χ3n) is 6.12. The van der Waals surface area contributed by atoms with E-state index in [2.05, 4.69) is 17.1 Å². The van der Waals surface area contributed by atoms with E-state index >= 15 is 0 Å². The maximum Gasteiger partial charge on any atom is 0.175 e. The van der Waals surface area contributed by atoms with E-state index in [-0.39, 0.29) is 0 Å². The van der Waals surface area contributed by atoms with Crippen LogP contribution in [0.25, 0.3) is 0 Å². The molecule has 160 valence electrons. The van der Waals surface area contributed by atoms with Crippen LogP contribution < -0.4 is 4.74 Å². The average molecular weight is 426 g/mol. The Morgan fingerprint density at radius 1 is 1.10 bits per heavy atom. The number of hydrogen-bond donors (Lipinski definition) is 0. The largest absolute Gasteiger partial charge is 0.494 e. The van der Waals surface area contributed by atoms with Gasteiger partial charge in [0.15, 0.2) is 6.40 Å². The molecule has 0 spiro atoms. The van der Waals surface area contributed by atoms with E-state index in [1.54, 1.807) is 0 Å². The lowest BCUT2D eigenvalue weighted by Crippen LogP contribution is -2.23. The maximum atomic E-state index is 12.6. The highest BCUT2D eigenvalue weighted by atomic mass is 32.2. The number of rotatable bonds is 7. The Kier molecular flexibility index (Phi) is 6.57. The molecular weight excluding hydrogens is 394 g/mol. The van der Waals surface area contributed by atoms with Gasteiger partial charge in [-0.3, -0.25) is 4.21 Å². The molecule has 0 bridgehead atoms. The fourth-order valence-electron chi connectivity index (χ4n) is 4.30. The van der Waals surface area contributed by atoms with E-state index < -0.39 is 16.4 Å². The van der Waals surface area contributed by atoms with E-state index in [1.807, 2.05) is 44.2 Å². The van der Waals surface area contributed by atoms with Crippen molar-refractivity contribution in [3.63, 3.8) is 0 Å². The Bertz CT molecular complexity index is 914. The van der Waals surface area contributed by atoms with Gasteiger partial charge in [-0.05, 0) is 74.9 Å². The van der Waals surface area contributed by atoms with Crippen LogP contribution in [0.15, 0.2) is 52.4 Å². The molecule has 1 fully saturated rings. The number of benzene rings is 2. The second-order valence-corrected chi connectivity index (χ2v) is 10.3. The maximum absolute atomic E-state index is 12.6. The monoisotopic (exact) mass is 425 g/mol. The fraction of sp³-hybridized carbons (Fsp3) is 0.480. The summed E-state index contributed by atoms with van der Waals surface area (Å²) in [5, 5.41) is 0. The second kappa shape index (κ2) is 9.34. The highest BCUT2D eigenvalue weighted by Crippen LogP contribution is 2.38. The minimum absolute atomic E-state index is 0.415. The smallest absolute Gasteiger partial charge is 0.175 e. The van der Waals surface area contributed by atoms with Gasteiger partial charge in [0.1, 0.15) is 11.4 Å². The molecular formula is C25H31NO3S. The van der Waals surface area contributed by atoms with Crippen molar-refractivity contribution in [3.8, 4) is 5.75 Å². The van der Waals surface area contributed by atoms with E-state index in [0.717, 1.165) is 28.3 Å². The van der Waals surface area contributed by atoms with Crippen molar-refractivity contribution in [2.75, 3.05) is 12.4 Å². The number of nitrogens with zero attached hydrogens (tertiary/aromatic N) is 1. The van der Waals surface area contributed by atoms with Gasteiger partial charge in [0, 0.05) is 16.2 Å². The van der Waals surface area contributed by atoms with Crippen molar-refractivity contribution in [2.24, 2.45) is 4.99 Å². The van der Waals surface area contributed by atoms with Gasteiger partial charge in [0.25, 0.3) is 0 Å². The first-order chi connectivity index (χ1) is 14.5. The molecule has 2 aromatic rings. The van der Waals surface area contributed by atoms with Crippen LogP contribution in [-0.4, -0.2) is 23.0 Å². The van der Waals surface area contributed by atoms with Gasteiger partial charge in [-0.25, -0.2) is 4.99 Å². The topological polar surface area (TPSA) is 47.9 Å². The molecule has 1 aliphatic heterocycles. The molecule has 1 heterocycles. The highest BCUT2D eigenvalue weighted by Gasteiger charge is 2.28.